The number of nitrogens with zero attached hydrogens (tertiary/aromatic N) is 2. The molecule has 0 N–H and O–H groups in total. The number of aliphatic imine (C=N–C) groups is 1. The summed E-state index contributed by atoms with van der Waals surface area (Å²) >= 11 is 0. The van der Waals surface area contributed by atoms with Crippen molar-refractivity contribution in [1.29, 1.82) is 0 Å². The minimum Gasteiger partial charge on any atom is -0.250 e. The van der Waals surface area contributed by atoms with Gasteiger partial charge in [0.25, 0.3) is 0 Å². The van der Waals surface area contributed by atoms with E-state index in [1.165, 1.54) is 43.8 Å². The van der Waals surface area contributed by atoms with E-state index in [0.717, 1.165) is 57.5 Å². The van der Waals surface area contributed by atoms with Gasteiger partial charge in [-0.1, -0.05) is 139 Å². The Morgan fingerprint density at radius 1 is 0.660 bits per heavy atom. The highest BCUT2D eigenvalue weighted by atomic mass is 14.8. The largest absolute Gasteiger partial charge is 0.250 e. The molecular weight excluding hydrogens is 569 g/mol. The lowest BCUT2D eigenvalue weighted by Crippen LogP contribution is -1.97. The molecule has 1 aromatic heterocycles. The molecule has 0 amide bonds. The molecular formula is C45H32N2. The van der Waals surface area contributed by atoms with E-state index in [0.29, 0.717) is 0 Å². The van der Waals surface area contributed by atoms with E-state index in [1.54, 1.807) is 0 Å². The summed E-state index contributed by atoms with van der Waals surface area (Å²) < 4.78 is 0. The average molecular weight is 601 g/mol. The van der Waals surface area contributed by atoms with E-state index < -0.39 is 0 Å². The molecule has 0 saturated carbocycles. The van der Waals surface area contributed by atoms with Gasteiger partial charge < -0.3 is 0 Å². The van der Waals surface area contributed by atoms with Crippen LogP contribution in [0.4, 0.5) is 5.69 Å². The molecule has 1 aliphatic rings. The van der Waals surface area contributed by atoms with Gasteiger partial charge in [-0.25, -0.2) is 9.98 Å². The van der Waals surface area contributed by atoms with Crippen molar-refractivity contribution in [3.8, 4) is 34.7 Å². The van der Waals surface area contributed by atoms with Gasteiger partial charge in [-0.05, 0) is 81.3 Å². The van der Waals surface area contributed by atoms with Gasteiger partial charge >= 0.3 is 0 Å². The molecule has 0 fully saturated rings. The Morgan fingerprint density at radius 2 is 1.30 bits per heavy atom. The van der Waals surface area contributed by atoms with E-state index >= 15 is 0 Å². The Balaban J connectivity index is 1.24. The van der Waals surface area contributed by atoms with Crippen LogP contribution in [0.15, 0.2) is 151 Å². The molecule has 2 nitrogen and oxygen atoms in total. The minimum absolute atomic E-state index is 0.725. The van der Waals surface area contributed by atoms with Crippen LogP contribution < -0.4 is 0 Å². The van der Waals surface area contributed by atoms with Crippen molar-refractivity contribution < 1.29 is 0 Å². The lowest BCUT2D eigenvalue weighted by atomic mass is 9.84. The van der Waals surface area contributed by atoms with Crippen molar-refractivity contribution in [2.75, 3.05) is 0 Å². The zero-order valence-corrected chi connectivity index (χ0v) is 26.2. The van der Waals surface area contributed by atoms with Crippen molar-refractivity contribution in [3.05, 3.63) is 162 Å². The highest BCUT2D eigenvalue weighted by Crippen LogP contribution is 2.43. The van der Waals surface area contributed by atoms with Gasteiger partial charge in [0, 0.05) is 16.7 Å². The molecule has 0 aliphatic heterocycles. The van der Waals surface area contributed by atoms with Crippen molar-refractivity contribution in [2.45, 2.75) is 19.8 Å². The standard InChI is InChI=1S/C45H32N2/c1-3-31-22-27-36-28-29-41(33-14-6-4-7-15-33)47-45(36)44(31)46-30(2)32-23-25-35(26-24-32)43-39-20-12-10-18-37(39)42(34-16-8-5-9-17-34)38-19-11-13-21-40(38)43/h1,4,6-8,10-29H,5,9H2,2H3/b46-30+. The summed E-state index contributed by atoms with van der Waals surface area (Å²) in [6.45, 7) is 2.04. The molecule has 0 atom stereocenters. The summed E-state index contributed by atoms with van der Waals surface area (Å²) in [5.41, 5.74) is 11.2. The fourth-order valence-corrected chi connectivity index (χ4v) is 6.83. The third kappa shape index (κ3) is 5.13. The van der Waals surface area contributed by atoms with Crippen LogP contribution in [0.1, 0.15) is 36.5 Å². The third-order valence-electron chi connectivity index (χ3n) is 9.15. The van der Waals surface area contributed by atoms with E-state index in [-0.39, 0.29) is 0 Å². The molecule has 222 valence electrons. The van der Waals surface area contributed by atoms with Crippen LogP contribution >= 0.6 is 0 Å². The predicted octanol–water partition coefficient (Wildman–Crippen LogP) is 11.7. The summed E-state index contributed by atoms with van der Waals surface area (Å²) in [5, 5.41) is 6.08. The Morgan fingerprint density at radius 3 is 1.94 bits per heavy atom. The molecule has 6 aromatic carbocycles. The fraction of sp³-hybridized carbons (Fsp3) is 0.0667. The third-order valence-corrected chi connectivity index (χ3v) is 9.15. The van der Waals surface area contributed by atoms with Gasteiger partial charge in [-0.3, -0.25) is 0 Å². The number of terminal acetylenes is 1. The first-order valence-electron chi connectivity index (χ1n) is 16.1. The van der Waals surface area contributed by atoms with E-state index in [1.807, 2.05) is 37.3 Å². The second-order valence-electron chi connectivity index (χ2n) is 12.0. The lowest BCUT2D eigenvalue weighted by molar-refractivity contribution is 1.04. The number of hydrogen-bond donors (Lipinski definition) is 0. The Bertz CT molecular complexity index is 2400. The summed E-state index contributed by atoms with van der Waals surface area (Å²) in [4.78, 5) is 10.2. The molecule has 7 aromatic rings. The van der Waals surface area contributed by atoms with Crippen LogP contribution in [0, 0.1) is 12.3 Å². The Labute approximate surface area is 275 Å². The van der Waals surface area contributed by atoms with Crippen molar-refractivity contribution in [2.24, 2.45) is 4.99 Å². The van der Waals surface area contributed by atoms with Gasteiger partial charge in [0.15, 0.2) is 0 Å². The maximum absolute atomic E-state index is 5.98. The van der Waals surface area contributed by atoms with Crippen molar-refractivity contribution in [1.82, 2.24) is 4.98 Å². The van der Waals surface area contributed by atoms with E-state index in [2.05, 4.69) is 121 Å². The summed E-state index contributed by atoms with van der Waals surface area (Å²) in [6, 6.07) is 44.7. The maximum atomic E-state index is 5.98. The SMILES string of the molecule is C#Cc1ccc2ccc(-c3ccccc3)nc2c1/N=C(\C)c1ccc(-c2c3ccccc3c(C3=CCCC=C3)c3ccccc23)cc1. The smallest absolute Gasteiger partial charge is 0.105 e. The molecule has 0 saturated heterocycles. The lowest BCUT2D eigenvalue weighted by Gasteiger charge is -2.19. The number of hydrogen-bond acceptors (Lipinski definition) is 2. The number of allylic oxidation sites excluding steroid dienone is 4. The highest BCUT2D eigenvalue weighted by Gasteiger charge is 2.17. The molecule has 2 heteroatoms. The topological polar surface area (TPSA) is 25.2 Å². The summed E-state index contributed by atoms with van der Waals surface area (Å²) in [7, 11) is 0. The van der Waals surface area contributed by atoms with Gasteiger partial charge in [-0.15, -0.1) is 6.42 Å². The first kappa shape index (κ1) is 28.4. The zero-order chi connectivity index (χ0) is 31.7. The Hall–Kier alpha value is -6.04. The number of fused-ring (bicyclic) bond motifs is 3. The maximum Gasteiger partial charge on any atom is 0.105 e. The average Bonchev–Trinajstić information content (AvgIpc) is 3.14. The first-order valence-corrected chi connectivity index (χ1v) is 16.1. The predicted molar refractivity (Wildman–Crippen MR) is 200 cm³/mol. The minimum atomic E-state index is 0.725. The van der Waals surface area contributed by atoms with Crippen molar-refractivity contribution in [3.63, 3.8) is 0 Å². The molecule has 8 rings (SSSR count). The van der Waals surface area contributed by atoms with E-state index in [4.69, 9.17) is 16.4 Å². The van der Waals surface area contributed by atoms with Gasteiger partial charge in [-0.2, -0.15) is 0 Å². The van der Waals surface area contributed by atoms with Crippen LogP contribution in [-0.2, 0) is 0 Å². The first-order chi connectivity index (χ1) is 23.2. The van der Waals surface area contributed by atoms with Gasteiger partial charge in [0.2, 0.25) is 0 Å². The van der Waals surface area contributed by atoms with Crippen LogP contribution in [0.5, 0.6) is 0 Å². The van der Waals surface area contributed by atoms with Gasteiger partial charge in [0.05, 0.1) is 16.8 Å². The fourth-order valence-electron chi connectivity index (χ4n) is 6.83. The Kier molecular flexibility index (Phi) is 7.29. The molecule has 0 bridgehead atoms. The molecule has 1 aliphatic carbocycles. The van der Waals surface area contributed by atoms with Crippen LogP contribution in [0.2, 0.25) is 0 Å². The van der Waals surface area contributed by atoms with Crippen LogP contribution in [0.3, 0.4) is 0 Å². The van der Waals surface area contributed by atoms with E-state index in [9.17, 15) is 0 Å². The monoisotopic (exact) mass is 600 g/mol. The second-order valence-corrected chi connectivity index (χ2v) is 12.0. The number of rotatable bonds is 5. The molecule has 0 spiro atoms. The number of aromatic nitrogens is 1. The van der Waals surface area contributed by atoms with Gasteiger partial charge in [0.1, 0.15) is 5.69 Å². The summed E-state index contributed by atoms with van der Waals surface area (Å²) in [5.74, 6) is 2.84. The molecule has 47 heavy (non-hydrogen) atoms. The quantitative estimate of drug-likeness (QED) is 0.110. The second kappa shape index (κ2) is 12.0. The normalized spacial score (nSPS) is 13.2. The summed E-state index contributed by atoms with van der Waals surface area (Å²) in [6.07, 6.45) is 15.1. The molecule has 0 unspecified atom stereocenters. The zero-order valence-electron chi connectivity index (χ0n) is 26.2. The highest BCUT2D eigenvalue weighted by molar-refractivity contribution is 6.19. The van der Waals surface area contributed by atoms with Crippen molar-refractivity contribution >= 4 is 49.4 Å². The molecule has 1 heterocycles. The number of benzene rings is 6. The number of pyridine rings is 1. The van der Waals surface area contributed by atoms with Crippen LogP contribution in [0.25, 0.3) is 60.4 Å². The molecule has 0 radical (unpaired) electrons. The van der Waals surface area contributed by atoms with Crippen LogP contribution in [-0.4, -0.2) is 10.7 Å².